The van der Waals surface area contributed by atoms with E-state index in [1.165, 1.54) is 12.1 Å². The van der Waals surface area contributed by atoms with Crippen LogP contribution in [-0.4, -0.2) is 39.4 Å². The normalized spacial score (nSPS) is 12.1. The summed E-state index contributed by atoms with van der Waals surface area (Å²) in [6, 6.07) is 13.5. The Balaban J connectivity index is 1.72. The van der Waals surface area contributed by atoms with Gasteiger partial charge in [-0.3, -0.25) is 0 Å². The topological polar surface area (TPSA) is 124 Å². The Bertz CT molecular complexity index is 1170. The van der Waals surface area contributed by atoms with Crippen molar-refractivity contribution in [2.24, 2.45) is 5.14 Å². The molecule has 148 valence electrons. The maximum atomic E-state index is 12.0. The molecule has 10 heteroatoms. The Labute approximate surface area is 164 Å². The first-order chi connectivity index (χ1) is 13.1. The van der Waals surface area contributed by atoms with Crippen LogP contribution in [0, 0.1) is 0 Å². The molecule has 0 aliphatic rings. The van der Waals surface area contributed by atoms with Crippen LogP contribution in [0.1, 0.15) is 5.56 Å². The van der Waals surface area contributed by atoms with Gasteiger partial charge in [-0.2, -0.15) is 5.10 Å². The minimum Gasteiger partial charge on any atom is -0.384 e. The lowest BCUT2D eigenvalue weighted by atomic mass is 10.1. The fourth-order valence-electron chi connectivity index (χ4n) is 2.71. The fraction of sp³-hybridized carbons (Fsp3) is 0.167. The maximum Gasteiger partial charge on any atom is 0.238 e. The van der Waals surface area contributed by atoms with Crippen LogP contribution in [0.3, 0.4) is 0 Å². The van der Waals surface area contributed by atoms with Gasteiger partial charge in [-0.25, -0.2) is 26.7 Å². The number of nitrogens with two attached hydrogens (primary N) is 1. The monoisotopic (exact) mass is 420 g/mol. The minimum atomic E-state index is -3.99. The second-order valence-electron chi connectivity index (χ2n) is 6.27. The second kappa shape index (κ2) is 7.74. The molecular formula is C18H20N4O4S2. The van der Waals surface area contributed by atoms with Gasteiger partial charge in [-0.15, -0.1) is 0 Å². The van der Waals surface area contributed by atoms with Crippen LogP contribution in [0.2, 0.25) is 0 Å². The van der Waals surface area contributed by atoms with Gasteiger partial charge in [0, 0.05) is 25.2 Å². The first kappa shape index (κ1) is 20.1. The summed E-state index contributed by atoms with van der Waals surface area (Å²) in [7, 11) is -7.62. The van der Waals surface area contributed by atoms with Gasteiger partial charge in [0.1, 0.15) is 0 Å². The number of benzene rings is 2. The van der Waals surface area contributed by atoms with Crippen molar-refractivity contribution in [3.05, 3.63) is 66.5 Å². The summed E-state index contributed by atoms with van der Waals surface area (Å²) in [6.07, 6.45) is 5.24. The highest BCUT2D eigenvalue weighted by Crippen LogP contribution is 2.24. The van der Waals surface area contributed by atoms with Gasteiger partial charge in [-0.05, 0) is 48.4 Å². The van der Waals surface area contributed by atoms with E-state index in [-0.39, 0.29) is 9.79 Å². The molecule has 0 bridgehead atoms. The molecule has 1 heterocycles. The summed E-state index contributed by atoms with van der Waals surface area (Å²) in [5.41, 5.74) is 2.34. The number of hydrogen-bond acceptors (Lipinski definition) is 6. The predicted octanol–water partition coefficient (Wildman–Crippen LogP) is 1.58. The standard InChI is InChI=1S/C18H20N4O4S2/c1-27(23,24)18-13-16(28(19,25)26)7-8-17(18)20-11-9-14-3-5-15(6-4-14)22-12-2-10-21-22/h2-8,10,12-13,20H,9,11H2,1H3,(H2,19,25,26). The molecule has 0 saturated heterocycles. The molecule has 8 nitrogen and oxygen atoms in total. The smallest absolute Gasteiger partial charge is 0.238 e. The lowest BCUT2D eigenvalue weighted by Gasteiger charge is -2.12. The molecule has 0 radical (unpaired) electrons. The molecule has 0 saturated carbocycles. The molecule has 3 aromatic rings. The number of sulfone groups is 1. The van der Waals surface area contributed by atoms with Crippen LogP contribution in [-0.2, 0) is 26.3 Å². The second-order valence-corrected chi connectivity index (χ2v) is 9.81. The van der Waals surface area contributed by atoms with E-state index in [2.05, 4.69) is 10.4 Å². The molecule has 0 fully saturated rings. The third-order valence-corrected chi connectivity index (χ3v) is 6.16. The van der Waals surface area contributed by atoms with Crippen LogP contribution in [0.25, 0.3) is 5.69 Å². The third-order valence-electron chi connectivity index (χ3n) is 4.12. The highest BCUT2D eigenvalue weighted by molar-refractivity contribution is 7.91. The Morgan fingerprint density at radius 1 is 1.07 bits per heavy atom. The molecule has 3 N–H and O–H groups in total. The number of sulfonamides is 1. The Morgan fingerprint density at radius 2 is 1.79 bits per heavy atom. The predicted molar refractivity (Wildman–Crippen MR) is 107 cm³/mol. The molecule has 0 aliphatic carbocycles. The van der Waals surface area contributed by atoms with Gasteiger partial charge in [0.05, 0.1) is 21.2 Å². The molecule has 0 amide bonds. The Morgan fingerprint density at radius 3 is 2.36 bits per heavy atom. The first-order valence-electron chi connectivity index (χ1n) is 8.34. The first-order valence-corrected chi connectivity index (χ1v) is 11.8. The minimum absolute atomic E-state index is 0.104. The molecular weight excluding hydrogens is 400 g/mol. The van der Waals surface area contributed by atoms with Gasteiger partial charge in [0.15, 0.2) is 9.84 Å². The van der Waals surface area contributed by atoms with Crippen molar-refractivity contribution in [2.75, 3.05) is 18.1 Å². The van der Waals surface area contributed by atoms with Crippen molar-refractivity contribution >= 4 is 25.5 Å². The van der Waals surface area contributed by atoms with Gasteiger partial charge in [0.25, 0.3) is 0 Å². The van der Waals surface area contributed by atoms with Crippen molar-refractivity contribution < 1.29 is 16.8 Å². The van der Waals surface area contributed by atoms with Gasteiger partial charge < -0.3 is 5.32 Å². The van der Waals surface area contributed by atoms with E-state index in [1.54, 1.807) is 10.9 Å². The van der Waals surface area contributed by atoms with Crippen molar-refractivity contribution in [1.82, 2.24) is 9.78 Å². The number of rotatable bonds is 7. The SMILES string of the molecule is CS(=O)(=O)c1cc(S(N)(=O)=O)ccc1NCCc1ccc(-n2cccn2)cc1. The quantitative estimate of drug-likeness (QED) is 0.598. The zero-order valence-corrected chi connectivity index (χ0v) is 16.7. The highest BCUT2D eigenvalue weighted by atomic mass is 32.2. The van der Waals surface area contributed by atoms with Crippen molar-refractivity contribution in [3.63, 3.8) is 0 Å². The summed E-state index contributed by atoms with van der Waals surface area (Å²) in [6.45, 7) is 0.471. The van der Waals surface area contributed by atoms with Crippen LogP contribution in [0.4, 0.5) is 5.69 Å². The van der Waals surface area contributed by atoms with Gasteiger partial charge in [-0.1, -0.05) is 12.1 Å². The number of anilines is 1. The Kier molecular flexibility index (Phi) is 5.54. The number of nitrogens with zero attached hydrogens (tertiary/aromatic N) is 2. The summed E-state index contributed by atoms with van der Waals surface area (Å²) in [5, 5.41) is 12.3. The van der Waals surface area contributed by atoms with E-state index in [4.69, 9.17) is 5.14 Å². The summed E-state index contributed by atoms with van der Waals surface area (Å²) in [4.78, 5) is -0.347. The molecule has 0 spiro atoms. The zero-order chi connectivity index (χ0) is 20.4. The molecule has 28 heavy (non-hydrogen) atoms. The number of hydrogen-bond donors (Lipinski definition) is 2. The van der Waals surface area contributed by atoms with E-state index < -0.39 is 19.9 Å². The highest BCUT2D eigenvalue weighted by Gasteiger charge is 2.18. The summed E-state index contributed by atoms with van der Waals surface area (Å²) < 4.78 is 48.8. The third kappa shape index (κ3) is 4.77. The van der Waals surface area contributed by atoms with E-state index in [0.29, 0.717) is 18.7 Å². The van der Waals surface area contributed by atoms with Gasteiger partial charge >= 0.3 is 0 Å². The maximum absolute atomic E-state index is 12.0. The van der Waals surface area contributed by atoms with E-state index in [1.807, 2.05) is 36.5 Å². The van der Waals surface area contributed by atoms with Crippen LogP contribution >= 0.6 is 0 Å². The number of aromatic nitrogens is 2. The average Bonchev–Trinajstić information content (AvgIpc) is 3.15. The van der Waals surface area contributed by atoms with Crippen LogP contribution in [0.5, 0.6) is 0 Å². The van der Waals surface area contributed by atoms with E-state index >= 15 is 0 Å². The number of nitrogens with one attached hydrogen (secondary N) is 1. The molecule has 0 atom stereocenters. The molecule has 1 aromatic heterocycles. The van der Waals surface area contributed by atoms with Crippen LogP contribution < -0.4 is 10.5 Å². The lowest BCUT2D eigenvalue weighted by Crippen LogP contribution is -2.15. The van der Waals surface area contributed by atoms with Gasteiger partial charge in [0.2, 0.25) is 10.0 Å². The molecule has 0 unspecified atom stereocenters. The van der Waals surface area contributed by atoms with Crippen molar-refractivity contribution in [1.29, 1.82) is 0 Å². The summed E-state index contributed by atoms with van der Waals surface area (Å²) in [5.74, 6) is 0. The molecule has 2 aromatic carbocycles. The van der Waals surface area contributed by atoms with E-state index in [9.17, 15) is 16.8 Å². The fourth-order valence-corrected chi connectivity index (χ4v) is 4.21. The molecule has 3 rings (SSSR count). The lowest BCUT2D eigenvalue weighted by molar-refractivity contribution is 0.597. The van der Waals surface area contributed by atoms with Crippen molar-refractivity contribution in [3.8, 4) is 5.69 Å². The molecule has 0 aliphatic heterocycles. The van der Waals surface area contributed by atoms with Crippen molar-refractivity contribution in [2.45, 2.75) is 16.2 Å². The van der Waals surface area contributed by atoms with E-state index in [0.717, 1.165) is 23.6 Å². The summed E-state index contributed by atoms with van der Waals surface area (Å²) >= 11 is 0. The average molecular weight is 421 g/mol. The largest absolute Gasteiger partial charge is 0.384 e. The zero-order valence-electron chi connectivity index (χ0n) is 15.1. The number of primary sulfonamides is 1. The van der Waals surface area contributed by atoms with Crippen LogP contribution in [0.15, 0.2) is 70.7 Å². The Hall–Kier alpha value is -2.69.